The minimum absolute atomic E-state index is 1.03. The van der Waals surface area contributed by atoms with Crippen LogP contribution in [0.2, 0.25) is 0 Å². The average molecular weight is 309 g/mol. The number of rotatable bonds is 10. The van der Waals surface area contributed by atoms with Crippen LogP contribution >= 0.6 is 24.0 Å². The van der Waals surface area contributed by atoms with E-state index in [1.165, 1.54) is 49.8 Å². The first-order valence-corrected chi connectivity index (χ1v) is 9.09. The number of aryl methyl sites for hydroxylation is 1. The molecule has 0 radical (unpaired) electrons. The van der Waals surface area contributed by atoms with E-state index in [2.05, 4.69) is 45.9 Å². The van der Waals surface area contributed by atoms with Crippen LogP contribution in [0.15, 0.2) is 29.9 Å². The molecule has 0 aliphatic rings. The summed E-state index contributed by atoms with van der Waals surface area (Å²) in [6, 6.07) is 4.23. The Morgan fingerprint density at radius 3 is 2.50 bits per heavy atom. The van der Waals surface area contributed by atoms with Crippen molar-refractivity contribution >= 4 is 24.0 Å². The Morgan fingerprint density at radius 1 is 1.05 bits per heavy atom. The zero-order chi connectivity index (χ0) is 14.0. The highest BCUT2D eigenvalue weighted by molar-refractivity contribution is 7.80. The highest BCUT2D eigenvalue weighted by Gasteiger charge is 2.05. The Balaban J connectivity index is 1.64. The number of imidazole rings is 1. The van der Waals surface area contributed by atoms with Gasteiger partial charge < -0.3 is 4.57 Å². The Kier molecular flexibility index (Phi) is 7.23. The summed E-state index contributed by atoms with van der Waals surface area (Å²) < 4.78 is 2.28. The van der Waals surface area contributed by atoms with E-state index in [1.807, 2.05) is 6.20 Å². The molecule has 4 heteroatoms. The van der Waals surface area contributed by atoms with Crippen molar-refractivity contribution in [3.63, 3.8) is 0 Å². The van der Waals surface area contributed by atoms with Crippen LogP contribution in [0.4, 0.5) is 0 Å². The predicted molar refractivity (Wildman–Crippen MR) is 91.7 cm³/mol. The van der Waals surface area contributed by atoms with Gasteiger partial charge in [-0.1, -0.05) is 38.2 Å². The standard InChI is InChI=1S/C16H24N2S2/c19-13-7-5-3-1-2-4-6-11-18-12-10-17-16(18)15-9-8-14-20-15/h8-10,12,14,19H,1-7,11,13H2. The SMILES string of the molecule is SCCCCCCCCCn1ccnc1-c1cccs1. The maximum atomic E-state index is 4.47. The smallest absolute Gasteiger partial charge is 0.149 e. The fraction of sp³-hybridized carbons (Fsp3) is 0.562. The first kappa shape index (κ1) is 15.6. The van der Waals surface area contributed by atoms with Crippen molar-refractivity contribution in [3.8, 4) is 10.7 Å². The van der Waals surface area contributed by atoms with Gasteiger partial charge in [-0.2, -0.15) is 12.6 Å². The second-order valence-corrected chi connectivity index (χ2v) is 6.51. The first-order valence-electron chi connectivity index (χ1n) is 7.57. The number of unbranched alkanes of at least 4 members (excludes halogenated alkanes) is 6. The molecular weight excluding hydrogens is 284 g/mol. The lowest BCUT2D eigenvalue weighted by atomic mass is 10.1. The van der Waals surface area contributed by atoms with Crippen LogP contribution in [0.5, 0.6) is 0 Å². The molecule has 0 bridgehead atoms. The average Bonchev–Trinajstić information content (AvgIpc) is 3.11. The fourth-order valence-electron chi connectivity index (χ4n) is 2.40. The molecular formula is C16H24N2S2. The molecule has 0 spiro atoms. The zero-order valence-electron chi connectivity index (χ0n) is 12.0. The van der Waals surface area contributed by atoms with Gasteiger partial charge in [0.2, 0.25) is 0 Å². The van der Waals surface area contributed by atoms with Gasteiger partial charge >= 0.3 is 0 Å². The maximum Gasteiger partial charge on any atom is 0.149 e. The van der Waals surface area contributed by atoms with Crippen molar-refractivity contribution in [3.05, 3.63) is 29.9 Å². The van der Waals surface area contributed by atoms with Gasteiger partial charge in [-0.05, 0) is 30.0 Å². The van der Waals surface area contributed by atoms with Crippen LogP contribution in [0.1, 0.15) is 44.9 Å². The second kappa shape index (κ2) is 9.24. The molecule has 0 amide bonds. The molecule has 0 N–H and O–H groups in total. The van der Waals surface area contributed by atoms with Crippen LogP contribution in [-0.2, 0) is 6.54 Å². The van der Waals surface area contributed by atoms with Gasteiger partial charge in [-0.3, -0.25) is 0 Å². The van der Waals surface area contributed by atoms with E-state index in [4.69, 9.17) is 0 Å². The Labute approximate surface area is 131 Å². The Morgan fingerprint density at radius 2 is 1.80 bits per heavy atom. The molecule has 2 aromatic heterocycles. The summed E-state index contributed by atoms with van der Waals surface area (Å²) in [5.41, 5.74) is 0. The van der Waals surface area contributed by atoms with Gasteiger partial charge in [-0.15, -0.1) is 11.3 Å². The van der Waals surface area contributed by atoms with E-state index in [9.17, 15) is 0 Å². The second-order valence-electron chi connectivity index (χ2n) is 5.12. The molecule has 0 aliphatic carbocycles. The molecule has 0 aliphatic heterocycles. The van der Waals surface area contributed by atoms with Crippen molar-refractivity contribution in [1.82, 2.24) is 9.55 Å². The van der Waals surface area contributed by atoms with E-state index >= 15 is 0 Å². The van der Waals surface area contributed by atoms with Gasteiger partial charge in [0.1, 0.15) is 5.82 Å². The van der Waals surface area contributed by atoms with E-state index in [1.54, 1.807) is 11.3 Å². The summed E-state index contributed by atoms with van der Waals surface area (Å²) in [7, 11) is 0. The predicted octanol–water partition coefficient (Wildman–Crippen LogP) is 5.27. The molecule has 0 aromatic carbocycles. The van der Waals surface area contributed by atoms with Crippen LogP contribution in [0.25, 0.3) is 10.7 Å². The minimum atomic E-state index is 1.03. The van der Waals surface area contributed by atoms with Crippen molar-refractivity contribution in [2.24, 2.45) is 0 Å². The third-order valence-corrected chi connectivity index (χ3v) is 4.70. The Hall–Kier alpha value is -0.740. The molecule has 0 saturated carbocycles. The van der Waals surface area contributed by atoms with Crippen LogP contribution in [0.3, 0.4) is 0 Å². The summed E-state index contributed by atoms with van der Waals surface area (Å²) in [4.78, 5) is 5.74. The van der Waals surface area contributed by atoms with Crippen LogP contribution < -0.4 is 0 Å². The number of aromatic nitrogens is 2. The summed E-state index contributed by atoms with van der Waals surface area (Å²) >= 11 is 6.00. The molecule has 0 fully saturated rings. The summed E-state index contributed by atoms with van der Waals surface area (Å²) in [5, 5.41) is 2.11. The summed E-state index contributed by atoms with van der Waals surface area (Å²) in [6.45, 7) is 1.09. The number of nitrogens with zero attached hydrogens (tertiary/aromatic N) is 2. The van der Waals surface area contributed by atoms with E-state index < -0.39 is 0 Å². The van der Waals surface area contributed by atoms with Gasteiger partial charge in [0.15, 0.2) is 0 Å². The lowest BCUT2D eigenvalue weighted by Gasteiger charge is -2.06. The first-order chi connectivity index (χ1) is 9.92. The topological polar surface area (TPSA) is 17.8 Å². The molecule has 2 aromatic rings. The van der Waals surface area contributed by atoms with Gasteiger partial charge in [0.05, 0.1) is 4.88 Å². The Bertz CT molecular complexity index is 463. The van der Waals surface area contributed by atoms with Gasteiger partial charge in [0, 0.05) is 18.9 Å². The van der Waals surface area contributed by atoms with Gasteiger partial charge in [-0.25, -0.2) is 4.98 Å². The molecule has 0 saturated heterocycles. The largest absolute Gasteiger partial charge is 0.330 e. The number of hydrogen-bond acceptors (Lipinski definition) is 3. The van der Waals surface area contributed by atoms with Crippen molar-refractivity contribution < 1.29 is 0 Å². The lowest BCUT2D eigenvalue weighted by Crippen LogP contribution is -1.98. The van der Waals surface area contributed by atoms with E-state index in [0.29, 0.717) is 0 Å². The highest BCUT2D eigenvalue weighted by Crippen LogP contribution is 2.23. The van der Waals surface area contributed by atoms with Crippen molar-refractivity contribution in [2.75, 3.05) is 5.75 Å². The van der Waals surface area contributed by atoms with E-state index in [-0.39, 0.29) is 0 Å². The molecule has 2 heterocycles. The number of hydrogen-bond donors (Lipinski definition) is 1. The van der Waals surface area contributed by atoms with E-state index in [0.717, 1.165) is 18.1 Å². The molecule has 2 nitrogen and oxygen atoms in total. The number of thiophene rings is 1. The summed E-state index contributed by atoms with van der Waals surface area (Å²) in [6.07, 6.45) is 13.3. The summed E-state index contributed by atoms with van der Waals surface area (Å²) in [5.74, 6) is 2.15. The zero-order valence-corrected chi connectivity index (χ0v) is 13.7. The van der Waals surface area contributed by atoms with Crippen LogP contribution in [-0.4, -0.2) is 15.3 Å². The minimum Gasteiger partial charge on any atom is -0.330 e. The van der Waals surface area contributed by atoms with Crippen molar-refractivity contribution in [2.45, 2.75) is 51.5 Å². The quantitative estimate of drug-likeness (QED) is 0.467. The van der Waals surface area contributed by atoms with Crippen LogP contribution in [0, 0.1) is 0 Å². The normalized spacial score (nSPS) is 11.1. The third kappa shape index (κ3) is 4.98. The highest BCUT2D eigenvalue weighted by atomic mass is 32.1. The lowest BCUT2D eigenvalue weighted by molar-refractivity contribution is 0.553. The molecule has 0 unspecified atom stereocenters. The number of thiol groups is 1. The van der Waals surface area contributed by atoms with Crippen molar-refractivity contribution in [1.29, 1.82) is 0 Å². The third-order valence-electron chi connectivity index (χ3n) is 3.51. The fourth-order valence-corrected chi connectivity index (χ4v) is 3.36. The molecule has 110 valence electrons. The maximum absolute atomic E-state index is 4.47. The molecule has 2 rings (SSSR count). The molecule has 20 heavy (non-hydrogen) atoms. The molecule has 0 atom stereocenters. The van der Waals surface area contributed by atoms with Gasteiger partial charge in [0.25, 0.3) is 0 Å². The monoisotopic (exact) mass is 308 g/mol.